The standard InChI is InChI=1S/C14H19FN2OS/c1-19-9-5-4-8-17-13(18)10-16-14(17)11-6-2-3-7-12(11)15/h2-3,6-7,14,16H,4-5,8-10H2,1H3. The summed E-state index contributed by atoms with van der Waals surface area (Å²) in [5.74, 6) is 0.890. The Labute approximate surface area is 117 Å². The van der Waals surface area contributed by atoms with Gasteiger partial charge in [-0.05, 0) is 30.9 Å². The number of hydrogen-bond acceptors (Lipinski definition) is 3. The fraction of sp³-hybridized carbons (Fsp3) is 0.500. The van der Waals surface area contributed by atoms with Gasteiger partial charge in [0.15, 0.2) is 0 Å². The van der Waals surface area contributed by atoms with Gasteiger partial charge in [0.25, 0.3) is 0 Å². The molecule has 1 aliphatic heterocycles. The summed E-state index contributed by atoms with van der Waals surface area (Å²) in [5.41, 5.74) is 0.554. The van der Waals surface area contributed by atoms with Crippen molar-refractivity contribution in [1.82, 2.24) is 10.2 Å². The molecule has 1 amide bonds. The van der Waals surface area contributed by atoms with E-state index in [1.54, 1.807) is 34.9 Å². The molecule has 2 rings (SSSR count). The van der Waals surface area contributed by atoms with Crippen molar-refractivity contribution in [3.8, 4) is 0 Å². The van der Waals surface area contributed by atoms with E-state index in [1.165, 1.54) is 6.07 Å². The third kappa shape index (κ3) is 3.48. The first-order valence-electron chi connectivity index (χ1n) is 6.50. The molecule has 1 saturated heterocycles. The van der Waals surface area contributed by atoms with E-state index in [4.69, 9.17) is 0 Å². The molecule has 1 fully saturated rings. The topological polar surface area (TPSA) is 32.3 Å². The normalized spacial score (nSPS) is 19.2. The summed E-state index contributed by atoms with van der Waals surface area (Å²) in [6, 6.07) is 6.64. The Bertz CT molecular complexity index is 441. The van der Waals surface area contributed by atoms with Crippen LogP contribution in [-0.4, -0.2) is 35.9 Å². The van der Waals surface area contributed by atoms with Gasteiger partial charge in [-0.15, -0.1) is 0 Å². The van der Waals surface area contributed by atoms with Crippen molar-refractivity contribution in [3.05, 3.63) is 35.6 Å². The van der Waals surface area contributed by atoms with Crippen molar-refractivity contribution in [1.29, 1.82) is 0 Å². The molecule has 5 heteroatoms. The molecular formula is C14H19FN2OS. The zero-order valence-corrected chi connectivity index (χ0v) is 11.9. The van der Waals surface area contributed by atoms with Crippen LogP contribution in [0.2, 0.25) is 0 Å². The van der Waals surface area contributed by atoms with Crippen LogP contribution in [0.3, 0.4) is 0 Å². The highest BCUT2D eigenvalue weighted by atomic mass is 32.2. The Morgan fingerprint density at radius 1 is 1.42 bits per heavy atom. The maximum Gasteiger partial charge on any atom is 0.238 e. The monoisotopic (exact) mass is 282 g/mol. The minimum atomic E-state index is -0.317. The lowest BCUT2D eigenvalue weighted by Gasteiger charge is -2.25. The summed E-state index contributed by atoms with van der Waals surface area (Å²) >= 11 is 1.81. The molecule has 0 spiro atoms. The number of thioether (sulfide) groups is 1. The third-order valence-corrected chi connectivity index (χ3v) is 3.97. The summed E-state index contributed by atoms with van der Waals surface area (Å²) in [4.78, 5) is 13.6. The molecule has 104 valence electrons. The number of unbranched alkanes of at least 4 members (excludes halogenated alkanes) is 1. The average molecular weight is 282 g/mol. The lowest BCUT2D eigenvalue weighted by molar-refractivity contribution is -0.128. The second kappa shape index (κ2) is 6.91. The maximum absolute atomic E-state index is 13.8. The Morgan fingerprint density at radius 3 is 2.95 bits per heavy atom. The number of carbonyl (C=O) groups excluding carboxylic acids is 1. The molecule has 3 nitrogen and oxygen atoms in total. The molecule has 0 aromatic heterocycles. The highest BCUT2D eigenvalue weighted by Crippen LogP contribution is 2.25. The highest BCUT2D eigenvalue weighted by Gasteiger charge is 2.32. The second-order valence-corrected chi connectivity index (χ2v) is 5.58. The number of carbonyl (C=O) groups is 1. The van der Waals surface area contributed by atoms with E-state index in [1.807, 2.05) is 0 Å². The first-order valence-corrected chi connectivity index (χ1v) is 7.89. The van der Waals surface area contributed by atoms with Gasteiger partial charge in [-0.1, -0.05) is 18.2 Å². The van der Waals surface area contributed by atoms with Crippen LogP contribution in [0.1, 0.15) is 24.6 Å². The number of benzene rings is 1. The van der Waals surface area contributed by atoms with E-state index in [-0.39, 0.29) is 17.9 Å². The molecular weight excluding hydrogens is 263 g/mol. The molecule has 0 bridgehead atoms. The summed E-state index contributed by atoms with van der Waals surface area (Å²) < 4.78 is 13.8. The Morgan fingerprint density at radius 2 is 2.21 bits per heavy atom. The van der Waals surface area contributed by atoms with E-state index in [9.17, 15) is 9.18 Å². The van der Waals surface area contributed by atoms with Gasteiger partial charge in [0.05, 0.1) is 6.54 Å². The molecule has 1 atom stereocenters. The van der Waals surface area contributed by atoms with E-state index in [0.29, 0.717) is 18.7 Å². The fourth-order valence-corrected chi connectivity index (χ4v) is 2.79. The van der Waals surface area contributed by atoms with Crippen molar-refractivity contribution in [3.63, 3.8) is 0 Å². The summed E-state index contributed by atoms with van der Waals surface area (Å²) in [7, 11) is 0. The smallest absolute Gasteiger partial charge is 0.238 e. The van der Waals surface area contributed by atoms with Crippen molar-refractivity contribution in [2.45, 2.75) is 19.0 Å². The molecule has 1 aromatic carbocycles. The van der Waals surface area contributed by atoms with E-state index in [0.717, 1.165) is 18.6 Å². The number of nitrogens with zero attached hydrogens (tertiary/aromatic N) is 1. The molecule has 1 aromatic rings. The van der Waals surface area contributed by atoms with Gasteiger partial charge >= 0.3 is 0 Å². The first-order chi connectivity index (χ1) is 9.24. The van der Waals surface area contributed by atoms with Crippen LogP contribution in [0, 0.1) is 5.82 Å². The molecule has 0 aliphatic carbocycles. The van der Waals surface area contributed by atoms with Crippen molar-refractivity contribution in [2.24, 2.45) is 0 Å². The maximum atomic E-state index is 13.8. The van der Waals surface area contributed by atoms with Gasteiger partial charge in [-0.25, -0.2) is 4.39 Å². The molecule has 19 heavy (non-hydrogen) atoms. The molecule has 1 aliphatic rings. The lowest BCUT2D eigenvalue weighted by Crippen LogP contribution is -2.31. The third-order valence-electron chi connectivity index (χ3n) is 3.28. The lowest BCUT2D eigenvalue weighted by atomic mass is 10.1. The van der Waals surface area contributed by atoms with Crippen LogP contribution in [0.15, 0.2) is 24.3 Å². The predicted octanol–water partition coefficient (Wildman–Crippen LogP) is 2.40. The fourth-order valence-electron chi connectivity index (χ4n) is 2.30. The Hall–Kier alpha value is -1.07. The van der Waals surface area contributed by atoms with Crippen LogP contribution in [-0.2, 0) is 4.79 Å². The van der Waals surface area contributed by atoms with Crippen LogP contribution >= 0.6 is 11.8 Å². The van der Waals surface area contributed by atoms with Crippen molar-refractivity contribution >= 4 is 17.7 Å². The quantitative estimate of drug-likeness (QED) is 0.813. The molecule has 1 heterocycles. The summed E-state index contributed by atoms with van der Waals surface area (Å²) in [6.07, 6.45) is 3.79. The zero-order chi connectivity index (χ0) is 13.7. The van der Waals surface area contributed by atoms with E-state index >= 15 is 0 Å². The summed E-state index contributed by atoms with van der Waals surface area (Å²) in [6.45, 7) is 0.979. The Kier molecular flexibility index (Phi) is 5.22. The molecule has 1 unspecified atom stereocenters. The number of hydrogen-bond donors (Lipinski definition) is 1. The molecule has 1 N–H and O–H groups in total. The molecule has 0 saturated carbocycles. The second-order valence-electron chi connectivity index (χ2n) is 4.59. The van der Waals surface area contributed by atoms with Gasteiger partial charge in [-0.2, -0.15) is 11.8 Å². The number of rotatable bonds is 6. The first kappa shape index (κ1) is 14.3. The number of halogens is 1. The van der Waals surface area contributed by atoms with Crippen LogP contribution in [0.25, 0.3) is 0 Å². The van der Waals surface area contributed by atoms with Crippen molar-refractivity contribution in [2.75, 3.05) is 25.1 Å². The van der Waals surface area contributed by atoms with Gasteiger partial charge in [0.1, 0.15) is 12.0 Å². The van der Waals surface area contributed by atoms with Gasteiger partial charge in [-0.3, -0.25) is 10.1 Å². The minimum absolute atomic E-state index is 0.0532. The number of amides is 1. The van der Waals surface area contributed by atoms with Gasteiger partial charge in [0.2, 0.25) is 5.91 Å². The summed E-state index contributed by atoms with van der Waals surface area (Å²) in [5, 5.41) is 3.09. The highest BCUT2D eigenvalue weighted by molar-refractivity contribution is 7.98. The SMILES string of the molecule is CSCCCCN1C(=O)CNC1c1ccccc1F. The largest absolute Gasteiger partial charge is 0.322 e. The predicted molar refractivity (Wildman–Crippen MR) is 76.5 cm³/mol. The van der Waals surface area contributed by atoms with E-state index in [2.05, 4.69) is 11.6 Å². The van der Waals surface area contributed by atoms with E-state index < -0.39 is 0 Å². The van der Waals surface area contributed by atoms with Crippen LogP contribution in [0.5, 0.6) is 0 Å². The van der Waals surface area contributed by atoms with Crippen LogP contribution in [0.4, 0.5) is 4.39 Å². The van der Waals surface area contributed by atoms with Gasteiger partial charge < -0.3 is 4.90 Å². The molecule has 0 radical (unpaired) electrons. The number of nitrogens with one attached hydrogen (secondary N) is 1. The average Bonchev–Trinajstić information content (AvgIpc) is 2.77. The van der Waals surface area contributed by atoms with Crippen molar-refractivity contribution < 1.29 is 9.18 Å². The van der Waals surface area contributed by atoms with Crippen LogP contribution < -0.4 is 5.32 Å². The Balaban J connectivity index is 2.03. The minimum Gasteiger partial charge on any atom is -0.322 e. The zero-order valence-electron chi connectivity index (χ0n) is 11.1. The van der Waals surface area contributed by atoms with Gasteiger partial charge in [0, 0.05) is 12.1 Å².